The Bertz CT molecular complexity index is 3060. The van der Waals surface area contributed by atoms with Crippen molar-refractivity contribution in [1.29, 1.82) is 0 Å². The number of aromatic nitrogens is 3. The van der Waals surface area contributed by atoms with Crippen molar-refractivity contribution in [2.75, 3.05) is 0 Å². The van der Waals surface area contributed by atoms with Crippen LogP contribution in [0.25, 0.3) is 83.9 Å². The first-order chi connectivity index (χ1) is 29.9. The van der Waals surface area contributed by atoms with Crippen LogP contribution in [0.4, 0.5) is 0 Å². The van der Waals surface area contributed by atoms with Crippen molar-refractivity contribution in [3.8, 4) is 78.6 Å². The van der Waals surface area contributed by atoms with Crippen molar-refractivity contribution in [3.05, 3.63) is 192 Å². The number of benzene rings is 7. The van der Waals surface area contributed by atoms with E-state index in [9.17, 15) is 5.11 Å². The second-order valence-electron chi connectivity index (χ2n) is 18.2. The summed E-state index contributed by atoms with van der Waals surface area (Å²) in [6.07, 6.45) is 2.88. The van der Waals surface area contributed by atoms with Gasteiger partial charge in [-0.15, -0.1) is 0 Å². The summed E-state index contributed by atoms with van der Waals surface area (Å²) < 4.78 is 2.27. The van der Waals surface area contributed by atoms with E-state index in [2.05, 4.69) is 217 Å². The molecule has 0 saturated carbocycles. The van der Waals surface area contributed by atoms with Gasteiger partial charge in [0.15, 0.2) is 0 Å². The highest BCUT2D eigenvalue weighted by molar-refractivity contribution is 5.98. The van der Waals surface area contributed by atoms with Crippen LogP contribution in [0, 0.1) is 19.8 Å². The second-order valence-corrected chi connectivity index (χ2v) is 18.2. The number of fused-ring (bicyclic) bond motifs is 1. The average Bonchev–Trinajstić information content (AvgIpc) is 3.66. The summed E-state index contributed by atoms with van der Waals surface area (Å²) in [5, 5.41) is 12.3. The molecule has 0 aliphatic heterocycles. The highest BCUT2D eigenvalue weighted by atomic mass is 16.3. The summed E-state index contributed by atoms with van der Waals surface area (Å²) in [6, 6.07) is 58.4. The van der Waals surface area contributed by atoms with Crippen LogP contribution < -0.4 is 0 Å². The van der Waals surface area contributed by atoms with Gasteiger partial charge >= 0.3 is 0 Å². The van der Waals surface area contributed by atoms with Gasteiger partial charge in [-0.1, -0.05) is 149 Å². The minimum absolute atomic E-state index is 0.256. The molecule has 0 fully saturated rings. The molecule has 0 bridgehead atoms. The van der Waals surface area contributed by atoms with Crippen LogP contribution in [0.15, 0.2) is 170 Å². The van der Waals surface area contributed by atoms with Crippen molar-refractivity contribution in [1.82, 2.24) is 14.5 Å². The van der Waals surface area contributed by atoms with E-state index in [0.717, 1.165) is 90.0 Å². The van der Waals surface area contributed by atoms with Crippen LogP contribution in [0.3, 0.4) is 0 Å². The zero-order chi connectivity index (χ0) is 43.1. The zero-order valence-corrected chi connectivity index (χ0v) is 36.7. The molecular formula is C58H53N3O. The number of hydrogen-bond acceptors (Lipinski definition) is 3. The molecule has 9 rings (SSSR count). The monoisotopic (exact) mass is 807 g/mol. The Balaban J connectivity index is 1.33. The van der Waals surface area contributed by atoms with Gasteiger partial charge in [0.25, 0.3) is 0 Å². The van der Waals surface area contributed by atoms with Crippen LogP contribution in [-0.2, 0) is 11.8 Å². The number of pyridine rings is 1. The van der Waals surface area contributed by atoms with E-state index in [0.29, 0.717) is 17.3 Å². The molecule has 0 spiro atoms. The highest BCUT2D eigenvalue weighted by Crippen LogP contribution is 2.44. The molecule has 0 atom stereocenters. The molecule has 62 heavy (non-hydrogen) atoms. The molecule has 2 aromatic heterocycles. The number of rotatable bonds is 9. The Morgan fingerprint density at radius 3 is 1.94 bits per heavy atom. The number of para-hydroxylation sites is 1. The largest absolute Gasteiger partial charge is 0.507 e. The van der Waals surface area contributed by atoms with E-state index in [4.69, 9.17) is 9.97 Å². The SMILES string of the molecule is Cc1ccc(-c2ccnc(-c3cc(-c4ccccc4)cc(-c4cccc5c4nc(-c4cc(C)cc(C(C)(C)C)c4O)n5-c4ccc(CC(C)C)cc4-c4ccccc4)c3)c2)cc1. The first-order valence-corrected chi connectivity index (χ1v) is 21.7. The second kappa shape index (κ2) is 16.4. The number of aromatic hydroxyl groups is 1. The van der Waals surface area contributed by atoms with Gasteiger partial charge in [-0.3, -0.25) is 9.55 Å². The Hall–Kier alpha value is -7.04. The van der Waals surface area contributed by atoms with Crippen LogP contribution in [0.1, 0.15) is 56.9 Å². The molecule has 0 unspecified atom stereocenters. The maximum Gasteiger partial charge on any atom is 0.149 e. The molecule has 4 heteroatoms. The van der Waals surface area contributed by atoms with E-state index < -0.39 is 0 Å². The lowest BCUT2D eigenvalue weighted by Gasteiger charge is -2.23. The molecule has 2 heterocycles. The van der Waals surface area contributed by atoms with E-state index in [1.165, 1.54) is 11.1 Å². The van der Waals surface area contributed by atoms with Crippen molar-refractivity contribution in [3.63, 3.8) is 0 Å². The molecular weight excluding hydrogens is 755 g/mol. The van der Waals surface area contributed by atoms with Crippen molar-refractivity contribution in [2.45, 2.75) is 60.3 Å². The maximum absolute atomic E-state index is 12.3. The predicted octanol–water partition coefficient (Wildman–Crippen LogP) is 15.2. The van der Waals surface area contributed by atoms with Gasteiger partial charge in [-0.05, 0) is 131 Å². The minimum atomic E-state index is -0.292. The van der Waals surface area contributed by atoms with Crippen LogP contribution in [0.2, 0.25) is 0 Å². The lowest BCUT2D eigenvalue weighted by Crippen LogP contribution is -2.12. The van der Waals surface area contributed by atoms with Crippen LogP contribution >= 0.6 is 0 Å². The third-order valence-corrected chi connectivity index (χ3v) is 11.8. The first kappa shape index (κ1) is 40.4. The Kier molecular flexibility index (Phi) is 10.7. The smallest absolute Gasteiger partial charge is 0.149 e. The van der Waals surface area contributed by atoms with Gasteiger partial charge in [-0.2, -0.15) is 0 Å². The van der Waals surface area contributed by atoms with Gasteiger partial charge < -0.3 is 5.11 Å². The third kappa shape index (κ3) is 7.97. The Labute approximate surface area is 366 Å². The van der Waals surface area contributed by atoms with E-state index in [1.54, 1.807) is 0 Å². The fourth-order valence-corrected chi connectivity index (χ4v) is 8.75. The zero-order valence-electron chi connectivity index (χ0n) is 36.7. The van der Waals surface area contributed by atoms with Gasteiger partial charge in [0.1, 0.15) is 11.6 Å². The number of nitrogens with zero attached hydrogens (tertiary/aromatic N) is 3. The maximum atomic E-state index is 12.3. The molecule has 0 saturated heterocycles. The Morgan fingerprint density at radius 1 is 0.548 bits per heavy atom. The van der Waals surface area contributed by atoms with Gasteiger partial charge in [0.05, 0.1) is 28.0 Å². The summed E-state index contributed by atoms with van der Waals surface area (Å²) in [4.78, 5) is 10.6. The predicted molar refractivity (Wildman–Crippen MR) is 260 cm³/mol. The minimum Gasteiger partial charge on any atom is -0.507 e. The first-order valence-electron chi connectivity index (χ1n) is 21.7. The van der Waals surface area contributed by atoms with Crippen molar-refractivity contribution >= 4 is 11.0 Å². The van der Waals surface area contributed by atoms with Crippen molar-refractivity contribution in [2.24, 2.45) is 5.92 Å². The molecule has 0 aliphatic carbocycles. The number of phenolic OH excluding ortho intramolecular Hbond substituents is 1. The fraction of sp³-hybridized carbons (Fsp3) is 0.172. The fourth-order valence-electron chi connectivity index (χ4n) is 8.75. The summed E-state index contributed by atoms with van der Waals surface area (Å²) in [7, 11) is 0. The number of hydrogen-bond donors (Lipinski definition) is 1. The third-order valence-electron chi connectivity index (χ3n) is 11.8. The molecule has 0 aliphatic rings. The quantitative estimate of drug-likeness (QED) is 0.158. The standard InChI is InChI=1S/C58H53N3O/c1-37(2)29-40-23-26-53(49(32-40)43-17-12-9-13-18-43)61-54-20-14-19-48(55(54)60-57(61)50-30-39(4)31-51(56(50)62)58(5,6)7)46-33-45(41-15-10-8-11-16-41)34-47(35-46)52-36-44(27-28-59-52)42-24-21-38(3)22-25-42/h8-28,30-37,62H,29H2,1-7H3. The Morgan fingerprint density at radius 2 is 1.23 bits per heavy atom. The summed E-state index contributed by atoms with van der Waals surface area (Å²) in [6.45, 7) is 15.2. The van der Waals surface area contributed by atoms with E-state index in [1.807, 2.05) is 6.20 Å². The average molecular weight is 808 g/mol. The summed E-state index contributed by atoms with van der Waals surface area (Å²) >= 11 is 0. The van der Waals surface area contributed by atoms with Gasteiger partial charge in [0.2, 0.25) is 0 Å². The lowest BCUT2D eigenvalue weighted by atomic mass is 9.84. The van der Waals surface area contributed by atoms with Crippen LogP contribution in [0.5, 0.6) is 5.75 Å². The van der Waals surface area contributed by atoms with Crippen LogP contribution in [-0.4, -0.2) is 19.6 Å². The molecule has 1 N–H and O–H groups in total. The van der Waals surface area contributed by atoms with Crippen molar-refractivity contribution < 1.29 is 5.11 Å². The number of phenols is 1. The highest BCUT2D eigenvalue weighted by Gasteiger charge is 2.27. The molecule has 0 amide bonds. The summed E-state index contributed by atoms with van der Waals surface area (Å²) in [5.41, 5.74) is 18.4. The van der Waals surface area contributed by atoms with Gasteiger partial charge in [-0.25, -0.2) is 4.98 Å². The topological polar surface area (TPSA) is 50.9 Å². The van der Waals surface area contributed by atoms with E-state index >= 15 is 0 Å². The molecule has 0 radical (unpaired) electrons. The molecule has 306 valence electrons. The molecule has 4 nitrogen and oxygen atoms in total. The lowest BCUT2D eigenvalue weighted by molar-refractivity contribution is 0.448. The van der Waals surface area contributed by atoms with E-state index in [-0.39, 0.29) is 11.2 Å². The van der Waals surface area contributed by atoms with Gasteiger partial charge in [0, 0.05) is 28.5 Å². The summed E-state index contributed by atoms with van der Waals surface area (Å²) in [5.74, 6) is 1.46. The number of aryl methyl sites for hydroxylation is 2. The normalized spacial score (nSPS) is 11.7. The number of imidazole rings is 1. The molecule has 7 aromatic carbocycles. The molecule has 9 aromatic rings.